The van der Waals surface area contributed by atoms with Gasteiger partial charge in [-0.2, -0.15) is 13.2 Å². The number of methoxy groups -OCH3 is 1. The van der Waals surface area contributed by atoms with E-state index in [2.05, 4.69) is 4.74 Å². The van der Waals surface area contributed by atoms with E-state index in [1.54, 1.807) is 4.90 Å². The Morgan fingerprint density at radius 2 is 1.88 bits per heavy atom. The summed E-state index contributed by atoms with van der Waals surface area (Å²) in [5.41, 5.74) is 0. The van der Waals surface area contributed by atoms with Gasteiger partial charge in [0, 0.05) is 27.1 Å². The van der Waals surface area contributed by atoms with Gasteiger partial charge in [-0.25, -0.2) is 0 Å². The third-order valence-corrected chi connectivity index (χ3v) is 2.99. The third-order valence-electron chi connectivity index (χ3n) is 2.99. The van der Waals surface area contributed by atoms with Crippen LogP contribution in [-0.4, -0.2) is 43.3 Å². The zero-order valence-electron chi connectivity index (χ0n) is 9.38. The molecule has 1 amide bonds. The first-order chi connectivity index (χ1) is 7.36. The molecule has 94 valence electrons. The molecule has 3 nitrogen and oxygen atoms in total. The number of piperidine rings is 1. The number of likely N-dealkylation sites (tertiary alicyclic amines) is 1. The Labute approximate surface area is 92.5 Å². The molecule has 1 rings (SSSR count). The first kappa shape index (κ1) is 13.3. The van der Waals surface area contributed by atoms with Crippen LogP contribution in [0, 0.1) is 5.92 Å². The Hall–Kier alpha value is -0.780. The second kappa shape index (κ2) is 5.03. The second-order valence-corrected chi connectivity index (χ2v) is 4.04. The van der Waals surface area contributed by atoms with Gasteiger partial charge in [-0.05, 0) is 18.8 Å². The highest BCUT2D eigenvalue weighted by Gasteiger charge is 2.45. The van der Waals surface area contributed by atoms with Crippen LogP contribution in [0.5, 0.6) is 0 Å². The molecule has 0 radical (unpaired) electrons. The van der Waals surface area contributed by atoms with Crippen LogP contribution in [0.4, 0.5) is 13.2 Å². The zero-order chi connectivity index (χ0) is 12.3. The molecule has 1 atom stereocenters. The minimum absolute atomic E-state index is 0.0839. The lowest BCUT2D eigenvalue weighted by Gasteiger charge is -2.35. The Morgan fingerprint density at radius 1 is 1.38 bits per heavy atom. The normalized spacial score (nSPS) is 20.9. The summed E-state index contributed by atoms with van der Waals surface area (Å²) in [6, 6.07) is 0. The van der Waals surface area contributed by atoms with Gasteiger partial charge >= 0.3 is 6.18 Å². The number of rotatable bonds is 2. The minimum Gasteiger partial charge on any atom is -0.372 e. The van der Waals surface area contributed by atoms with E-state index in [1.807, 2.05) is 0 Å². The molecular formula is C10H16F3NO2. The predicted molar refractivity (Wildman–Crippen MR) is 51.8 cm³/mol. The highest BCUT2D eigenvalue weighted by molar-refractivity contribution is 5.73. The number of halogens is 3. The molecule has 1 fully saturated rings. The lowest BCUT2D eigenvalue weighted by molar-refractivity contribution is -0.231. The van der Waals surface area contributed by atoms with Crippen molar-refractivity contribution in [2.45, 2.75) is 32.0 Å². The zero-order valence-corrected chi connectivity index (χ0v) is 9.38. The van der Waals surface area contributed by atoms with Crippen LogP contribution in [0.2, 0.25) is 0 Å². The predicted octanol–water partition coefficient (Wildman–Crippen LogP) is 1.82. The van der Waals surface area contributed by atoms with E-state index in [0.29, 0.717) is 25.9 Å². The molecule has 0 aromatic rings. The molecule has 0 aromatic heterocycles. The number of alkyl halides is 3. The minimum atomic E-state index is -4.32. The lowest BCUT2D eigenvalue weighted by Crippen LogP contribution is -2.45. The average molecular weight is 239 g/mol. The maximum Gasteiger partial charge on any atom is 0.414 e. The molecule has 0 N–H and O–H groups in total. The third kappa shape index (κ3) is 3.10. The fourth-order valence-electron chi connectivity index (χ4n) is 2.11. The van der Waals surface area contributed by atoms with Crippen LogP contribution in [-0.2, 0) is 9.53 Å². The van der Waals surface area contributed by atoms with E-state index in [4.69, 9.17) is 0 Å². The highest BCUT2D eigenvalue weighted by Crippen LogP contribution is 2.33. The number of amides is 1. The Bertz CT molecular complexity index is 247. The maximum atomic E-state index is 12.6. The monoisotopic (exact) mass is 239 g/mol. The number of hydrogen-bond donors (Lipinski definition) is 0. The smallest absolute Gasteiger partial charge is 0.372 e. The Morgan fingerprint density at radius 3 is 2.19 bits per heavy atom. The number of carbonyl (C=O) groups is 1. The second-order valence-electron chi connectivity index (χ2n) is 4.04. The molecule has 0 saturated carbocycles. The van der Waals surface area contributed by atoms with Gasteiger partial charge in [0.05, 0.1) is 0 Å². The summed E-state index contributed by atoms with van der Waals surface area (Å²) in [7, 11) is 1.08. The molecule has 1 saturated heterocycles. The van der Waals surface area contributed by atoms with Crippen molar-refractivity contribution in [3.63, 3.8) is 0 Å². The largest absolute Gasteiger partial charge is 0.414 e. The maximum absolute atomic E-state index is 12.6. The Balaban J connectivity index is 2.55. The topological polar surface area (TPSA) is 29.5 Å². The molecule has 1 heterocycles. The van der Waals surface area contributed by atoms with E-state index in [9.17, 15) is 18.0 Å². The summed E-state index contributed by atoms with van der Waals surface area (Å²) in [6.45, 7) is 2.20. The fourth-order valence-corrected chi connectivity index (χ4v) is 2.11. The van der Waals surface area contributed by atoms with E-state index in [-0.39, 0.29) is 5.91 Å². The summed E-state index contributed by atoms with van der Waals surface area (Å²) < 4.78 is 42.2. The summed E-state index contributed by atoms with van der Waals surface area (Å²) in [5, 5.41) is 0. The summed E-state index contributed by atoms with van der Waals surface area (Å²) in [5.74, 6) is -0.625. The van der Waals surface area contributed by atoms with Crippen LogP contribution < -0.4 is 0 Å². The fraction of sp³-hybridized carbons (Fsp3) is 0.900. The molecule has 1 aliphatic heterocycles. The summed E-state index contributed by atoms with van der Waals surface area (Å²) in [6.07, 6.45) is -5.34. The van der Waals surface area contributed by atoms with Crippen molar-refractivity contribution in [3.8, 4) is 0 Å². The van der Waals surface area contributed by atoms with Gasteiger partial charge in [-0.3, -0.25) is 4.79 Å². The van der Waals surface area contributed by atoms with E-state index in [0.717, 1.165) is 7.11 Å². The molecular weight excluding hydrogens is 223 g/mol. The molecule has 1 aliphatic rings. The molecule has 0 aromatic carbocycles. The number of ether oxygens (including phenoxy) is 1. The van der Waals surface area contributed by atoms with Crippen molar-refractivity contribution in [1.29, 1.82) is 0 Å². The summed E-state index contributed by atoms with van der Waals surface area (Å²) in [4.78, 5) is 12.6. The van der Waals surface area contributed by atoms with Gasteiger partial charge in [0.15, 0.2) is 6.10 Å². The highest BCUT2D eigenvalue weighted by atomic mass is 19.4. The SMILES string of the molecule is COC(C1CCN(C(C)=O)CC1)C(F)(F)F. The van der Waals surface area contributed by atoms with Crippen molar-refractivity contribution in [1.82, 2.24) is 4.90 Å². The summed E-state index contributed by atoms with van der Waals surface area (Å²) >= 11 is 0. The first-order valence-electron chi connectivity index (χ1n) is 5.21. The van der Waals surface area contributed by atoms with Gasteiger partial charge < -0.3 is 9.64 Å². The van der Waals surface area contributed by atoms with Crippen molar-refractivity contribution in [2.24, 2.45) is 5.92 Å². The van der Waals surface area contributed by atoms with Crippen molar-refractivity contribution in [3.05, 3.63) is 0 Å². The van der Waals surface area contributed by atoms with E-state index in [1.165, 1.54) is 6.92 Å². The molecule has 16 heavy (non-hydrogen) atoms. The standard InChI is InChI=1S/C10H16F3NO2/c1-7(15)14-5-3-8(4-6-14)9(16-2)10(11,12)13/h8-9H,3-6H2,1-2H3. The van der Waals surface area contributed by atoms with Gasteiger partial charge in [-0.1, -0.05) is 0 Å². The van der Waals surface area contributed by atoms with Crippen LogP contribution >= 0.6 is 0 Å². The molecule has 0 bridgehead atoms. The van der Waals surface area contributed by atoms with Crippen LogP contribution in [0.1, 0.15) is 19.8 Å². The molecule has 0 spiro atoms. The average Bonchev–Trinajstić information content (AvgIpc) is 2.17. The van der Waals surface area contributed by atoms with E-state index >= 15 is 0 Å². The van der Waals surface area contributed by atoms with Gasteiger partial charge in [0.2, 0.25) is 5.91 Å². The van der Waals surface area contributed by atoms with Crippen LogP contribution in [0.25, 0.3) is 0 Å². The van der Waals surface area contributed by atoms with Crippen LogP contribution in [0.3, 0.4) is 0 Å². The Kier molecular flexibility index (Phi) is 4.18. The quantitative estimate of drug-likeness (QED) is 0.735. The molecule has 0 aliphatic carbocycles. The van der Waals surface area contributed by atoms with Crippen molar-refractivity contribution in [2.75, 3.05) is 20.2 Å². The van der Waals surface area contributed by atoms with Gasteiger partial charge in [-0.15, -0.1) is 0 Å². The van der Waals surface area contributed by atoms with Crippen molar-refractivity contribution < 1.29 is 22.7 Å². The number of nitrogens with zero attached hydrogens (tertiary/aromatic N) is 1. The van der Waals surface area contributed by atoms with Gasteiger partial charge in [0.1, 0.15) is 0 Å². The number of carbonyl (C=O) groups excluding carboxylic acids is 1. The number of hydrogen-bond acceptors (Lipinski definition) is 2. The van der Waals surface area contributed by atoms with E-state index < -0.39 is 18.2 Å². The van der Waals surface area contributed by atoms with Crippen LogP contribution in [0.15, 0.2) is 0 Å². The molecule has 6 heteroatoms. The first-order valence-corrected chi connectivity index (χ1v) is 5.21. The van der Waals surface area contributed by atoms with Gasteiger partial charge in [0.25, 0.3) is 0 Å². The molecule has 1 unspecified atom stereocenters. The lowest BCUT2D eigenvalue weighted by atomic mass is 9.90. The van der Waals surface area contributed by atoms with Crippen molar-refractivity contribution >= 4 is 5.91 Å².